The van der Waals surface area contributed by atoms with Crippen molar-refractivity contribution < 1.29 is 8.78 Å². The normalized spacial score (nSPS) is 17.0. The lowest BCUT2D eigenvalue weighted by molar-refractivity contribution is 0.0994. The molecule has 0 aromatic rings. The smallest absolute Gasteiger partial charge is 0.253 e. The Morgan fingerprint density at radius 3 is 1.92 bits per heavy atom. The second-order valence-electron chi connectivity index (χ2n) is 3.82. The predicted octanol–water partition coefficient (Wildman–Crippen LogP) is 2.66. The third-order valence-corrected chi connectivity index (χ3v) is 1.75. The molecule has 0 bridgehead atoms. The van der Waals surface area contributed by atoms with Crippen LogP contribution in [0.25, 0.3) is 0 Å². The van der Waals surface area contributed by atoms with Gasteiger partial charge in [0.05, 0.1) is 6.04 Å². The summed E-state index contributed by atoms with van der Waals surface area (Å²) in [5, 5.41) is 2.86. The van der Waals surface area contributed by atoms with Crippen LogP contribution in [0, 0.1) is 5.92 Å². The van der Waals surface area contributed by atoms with Crippen LogP contribution in [0.1, 0.15) is 34.1 Å². The van der Waals surface area contributed by atoms with Gasteiger partial charge in [0, 0.05) is 6.04 Å². The molecule has 0 aliphatic carbocycles. The Morgan fingerprint density at radius 2 is 1.58 bits per heavy atom. The topological polar surface area (TPSA) is 12.0 Å². The first-order valence-electron chi connectivity index (χ1n) is 4.47. The molecule has 0 amide bonds. The molecule has 3 heteroatoms. The van der Waals surface area contributed by atoms with Crippen LogP contribution >= 0.6 is 0 Å². The number of rotatable bonds is 5. The van der Waals surface area contributed by atoms with Crippen molar-refractivity contribution in [1.29, 1.82) is 0 Å². The Morgan fingerprint density at radius 1 is 1.08 bits per heavy atom. The lowest BCUT2D eigenvalue weighted by Gasteiger charge is -2.20. The minimum Gasteiger partial charge on any atom is -0.307 e. The Balaban J connectivity index is 3.61. The van der Waals surface area contributed by atoms with Gasteiger partial charge >= 0.3 is 0 Å². The molecule has 0 aromatic heterocycles. The van der Waals surface area contributed by atoms with Gasteiger partial charge < -0.3 is 5.32 Å². The third-order valence-electron chi connectivity index (χ3n) is 1.75. The lowest BCUT2D eigenvalue weighted by Crippen LogP contribution is -2.39. The molecule has 0 aliphatic rings. The highest BCUT2D eigenvalue weighted by atomic mass is 19.3. The quantitative estimate of drug-likeness (QED) is 0.684. The summed E-state index contributed by atoms with van der Waals surface area (Å²) < 4.78 is 24.1. The van der Waals surface area contributed by atoms with Crippen molar-refractivity contribution in [3.63, 3.8) is 0 Å². The van der Waals surface area contributed by atoms with E-state index in [2.05, 4.69) is 19.2 Å². The monoisotopic (exact) mass is 179 g/mol. The molecule has 1 N–H and O–H groups in total. The Labute approximate surface area is 73.5 Å². The van der Waals surface area contributed by atoms with Gasteiger partial charge in [-0.05, 0) is 26.2 Å². The molecule has 0 heterocycles. The molecule has 0 radical (unpaired) electrons. The summed E-state index contributed by atoms with van der Waals surface area (Å²) in [6, 6.07) is -0.521. The maximum absolute atomic E-state index is 12.1. The van der Waals surface area contributed by atoms with Crippen molar-refractivity contribution in [3.8, 4) is 0 Å². The molecule has 1 nitrogen and oxygen atoms in total. The average Bonchev–Trinajstić information content (AvgIpc) is 1.84. The highest BCUT2D eigenvalue weighted by Crippen LogP contribution is 2.07. The SMILES string of the molecule is CC(C)CC(C)NC(C)C(F)F. The molecule has 74 valence electrons. The molecule has 2 unspecified atom stereocenters. The van der Waals surface area contributed by atoms with Crippen LogP contribution in [-0.4, -0.2) is 18.5 Å². The summed E-state index contributed by atoms with van der Waals surface area (Å²) in [6.45, 7) is 7.64. The van der Waals surface area contributed by atoms with Crippen molar-refractivity contribution in [2.45, 2.75) is 52.6 Å². The predicted molar refractivity (Wildman–Crippen MR) is 47.5 cm³/mol. The van der Waals surface area contributed by atoms with Crippen LogP contribution in [0.5, 0.6) is 0 Å². The van der Waals surface area contributed by atoms with Gasteiger partial charge in [0.15, 0.2) is 0 Å². The van der Waals surface area contributed by atoms with Gasteiger partial charge in [0.2, 0.25) is 0 Å². The maximum atomic E-state index is 12.1. The van der Waals surface area contributed by atoms with E-state index >= 15 is 0 Å². The number of hydrogen-bond donors (Lipinski definition) is 1. The maximum Gasteiger partial charge on any atom is 0.253 e. The Bertz CT molecular complexity index is 115. The van der Waals surface area contributed by atoms with Crippen LogP contribution in [0.15, 0.2) is 0 Å². The molecule has 2 atom stereocenters. The van der Waals surface area contributed by atoms with Gasteiger partial charge in [-0.15, -0.1) is 0 Å². The summed E-state index contributed by atoms with van der Waals surface area (Å²) in [7, 11) is 0. The van der Waals surface area contributed by atoms with Crippen LogP contribution in [0.2, 0.25) is 0 Å². The van der Waals surface area contributed by atoms with Gasteiger partial charge in [0.1, 0.15) is 0 Å². The zero-order valence-electron chi connectivity index (χ0n) is 8.27. The van der Waals surface area contributed by atoms with Crippen molar-refractivity contribution in [1.82, 2.24) is 5.32 Å². The van der Waals surface area contributed by atoms with E-state index in [0.29, 0.717) is 5.92 Å². The molecule has 0 aliphatic heterocycles. The lowest BCUT2D eigenvalue weighted by atomic mass is 10.0. The highest BCUT2D eigenvalue weighted by molar-refractivity contribution is 4.69. The molecule has 0 spiro atoms. The van der Waals surface area contributed by atoms with E-state index in [1.165, 1.54) is 6.92 Å². The molecular weight excluding hydrogens is 160 g/mol. The second kappa shape index (κ2) is 5.46. The first kappa shape index (κ1) is 11.8. The molecular formula is C9H19F2N. The molecule has 0 saturated heterocycles. The summed E-state index contributed by atoms with van der Waals surface area (Å²) in [6.07, 6.45) is -1.32. The van der Waals surface area contributed by atoms with Crippen LogP contribution < -0.4 is 5.32 Å². The first-order chi connectivity index (χ1) is 5.43. The van der Waals surface area contributed by atoms with Gasteiger partial charge in [-0.3, -0.25) is 0 Å². The van der Waals surface area contributed by atoms with E-state index in [1.807, 2.05) is 6.92 Å². The number of halogens is 2. The Hall–Kier alpha value is -0.180. The van der Waals surface area contributed by atoms with Gasteiger partial charge in [-0.2, -0.15) is 0 Å². The largest absolute Gasteiger partial charge is 0.307 e. The number of hydrogen-bond acceptors (Lipinski definition) is 1. The van der Waals surface area contributed by atoms with Crippen molar-refractivity contribution in [3.05, 3.63) is 0 Å². The summed E-state index contributed by atoms with van der Waals surface area (Å²) in [4.78, 5) is 0. The standard InChI is InChI=1S/C9H19F2N/c1-6(2)5-7(3)12-8(4)9(10)11/h6-9,12H,5H2,1-4H3. The minimum absolute atomic E-state index is 0.175. The molecule has 0 fully saturated rings. The van der Waals surface area contributed by atoms with Crippen molar-refractivity contribution in [2.24, 2.45) is 5.92 Å². The van der Waals surface area contributed by atoms with Gasteiger partial charge in [0.25, 0.3) is 6.43 Å². The van der Waals surface area contributed by atoms with Crippen LogP contribution in [0.3, 0.4) is 0 Å². The summed E-state index contributed by atoms with van der Waals surface area (Å²) >= 11 is 0. The fourth-order valence-electron chi connectivity index (χ4n) is 1.30. The van der Waals surface area contributed by atoms with Gasteiger partial charge in [-0.1, -0.05) is 13.8 Å². The van der Waals surface area contributed by atoms with E-state index < -0.39 is 12.5 Å². The van der Waals surface area contributed by atoms with E-state index in [1.54, 1.807) is 0 Å². The van der Waals surface area contributed by atoms with Crippen LogP contribution in [-0.2, 0) is 0 Å². The average molecular weight is 179 g/mol. The van der Waals surface area contributed by atoms with Gasteiger partial charge in [-0.25, -0.2) is 8.78 Å². The molecule has 0 rings (SSSR count). The second-order valence-corrected chi connectivity index (χ2v) is 3.82. The zero-order chi connectivity index (χ0) is 9.72. The van der Waals surface area contributed by atoms with E-state index in [-0.39, 0.29) is 6.04 Å². The van der Waals surface area contributed by atoms with E-state index in [9.17, 15) is 8.78 Å². The molecule has 12 heavy (non-hydrogen) atoms. The van der Waals surface area contributed by atoms with E-state index in [4.69, 9.17) is 0 Å². The molecule has 0 aromatic carbocycles. The van der Waals surface area contributed by atoms with Crippen LogP contribution in [0.4, 0.5) is 8.78 Å². The molecule has 0 saturated carbocycles. The fraction of sp³-hybridized carbons (Fsp3) is 1.00. The summed E-state index contributed by atoms with van der Waals surface area (Å²) in [5.41, 5.74) is 0. The zero-order valence-corrected chi connectivity index (χ0v) is 8.27. The van der Waals surface area contributed by atoms with Crippen molar-refractivity contribution >= 4 is 0 Å². The number of alkyl halides is 2. The highest BCUT2D eigenvalue weighted by Gasteiger charge is 2.16. The minimum atomic E-state index is -2.26. The third kappa shape index (κ3) is 5.47. The first-order valence-corrected chi connectivity index (χ1v) is 4.47. The van der Waals surface area contributed by atoms with E-state index in [0.717, 1.165) is 6.42 Å². The van der Waals surface area contributed by atoms with Crippen molar-refractivity contribution in [2.75, 3.05) is 0 Å². The summed E-state index contributed by atoms with van der Waals surface area (Å²) in [5.74, 6) is 0.553. The fourth-order valence-corrected chi connectivity index (χ4v) is 1.30. The Kier molecular flexibility index (Phi) is 5.38. The number of nitrogens with one attached hydrogen (secondary N) is 1.